The van der Waals surface area contributed by atoms with E-state index in [1.54, 1.807) is 12.2 Å². The molecule has 0 radical (unpaired) electrons. The van der Waals surface area contributed by atoms with Crippen molar-refractivity contribution in [3.63, 3.8) is 0 Å². The number of allylic oxidation sites excluding steroid dienone is 4. The third-order valence-electron chi connectivity index (χ3n) is 12.5. The smallest absolute Gasteiger partial charge is 0.226 e. The Bertz CT molecular complexity index is 1090. The van der Waals surface area contributed by atoms with Crippen LogP contribution in [0.1, 0.15) is 81.1 Å². The average molecular weight is 548 g/mol. The van der Waals surface area contributed by atoms with E-state index in [9.17, 15) is 19.1 Å². The first-order valence-electron chi connectivity index (χ1n) is 14.5. The van der Waals surface area contributed by atoms with E-state index in [0.29, 0.717) is 18.9 Å². The maximum atomic E-state index is 14.0. The summed E-state index contributed by atoms with van der Waals surface area (Å²) in [6.07, 6.45) is 7.70. The summed E-state index contributed by atoms with van der Waals surface area (Å²) in [4.78, 5) is 33.3. The lowest BCUT2D eigenvalue weighted by Crippen LogP contribution is -2.70. The van der Waals surface area contributed by atoms with Crippen LogP contribution in [0.4, 0.5) is 4.39 Å². The highest BCUT2D eigenvalue weighted by Crippen LogP contribution is 2.79. The van der Waals surface area contributed by atoms with Gasteiger partial charge in [0.25, 0.3) is 0 Å². The van der Waals surface area contributed by atoms with Gasteiger partial charge < -0.3 is 5.11 Å². The minimum absolute atomic E-state index is 0.0139. The number of aliphatic hydroxyl groups excluding tert-OH is 1. The SMILES string of the molecule is CCC(C(C)C)N1C[C@@H]2C[C@@]3(C)[C@@H]4C[C@H](C)C5=CC(=O)C=C[C@]5(C)[C@@]4(C)[C@@H](O)C[C@]3(C)[C@]2(C(=O)SCF)O1. The fraction of sp³-hybridized carbons (Fsp3) is 0.806. The normalized spacial score (nSPS) is 48.8. The summed E-state index contributed by atoms with van der Waals surface area (Å²) < 4.78 is 13.8. The van der Waals surface area contributed by atoms with E-state index in [0.717, 1.165) is 36.6 Å². The predicted molar refractivity (Wildman–Crippen MR) is 149 cm³/mol. The highest BCUT2D eigenvalue weighted by atomic mass is 32.2. The Balaban J connectivity index is 1.65. The van der Waals surface area contributed by atoms with Crippen molar-refractivity contribution in [2.24, 2.45) is 45.3 Å². The average Bonchev–Trinajstić information content (AvgIpc) is 3.29. The summed E-state index contributed by atoms with van der Waals surface area (Å²) >= 11 is 0.730. The molecule has 1 N–H and O–H groups in total. The molecule has 7 heteroatoms. The number of hydroxylamine groups is 2. The van der Waals surface area contributed by atoms with Crippen LogP contribution in [0.15, 0.2) is 23.8 Å². The lowest BCUT2D eigenvalue weighted by Gasteiger charge is -2.70. The molecule has 4 aliphatic carbocycles. The van der Waals surface area contributed by atoms with E-state index in [1.165, 1.54) is 0 Å². The first kappa shape index (κ1) is 28.5. The molecule has 38 heavy (non-hydrogen) atoms. The molecule has 212 valence electrons. The van der Waals surface area contributed by atoms with Crippen molar-refractivity contribution in [1.29, 1.82) is 0 Å². The zero-order valence-corrected chi connectivity index (χ0v) is 25.2. The lowest BCUT2D eigenvalue weighted by molar-refractivity contribution is -0.289. The van der Waals surface area contributed by atoms with Crippen LogP contribution in [-0.4, -0.2) is 51.4 Å². The maximum absolute atomic E-state index is 14.0. The zero-order valence-electron chi connectivity index (χ0n) is 24.3. The highest BCUT2D eigenvalue weighted by molar-refractivity contribution is 8.13. The number of halogens is 1. The van der Waals surface area contributed by atoms with E-state index in [-0.39, 0.29) is 40.1 Å². The van der Waals surface area contributed by atoms with E-state index in [4.69, 9.17) is 4.84 Å². The second kappa shape index (κ2) is 8.99. The topological polar surface area (TPSA) is 66.8 Å². The highest BCUT2D eigenvalue weighted by Gasteiger charge is 2.82. The maximum Gasteiger partial charge on any atom is 0.226 e. The van der Waals surface area contributed by atoms with Crippen LogP contribution in [-0.2, 0) is 14.4 Å². The summed E-state index contributed by atoms with van der Waals surface area (Å²) in [5.41, 5.74) is -2.05. The Hall–Kier alpha value is -1.02. The van der Waals surface area contributed by atoms with E-state index < -0.39 is 34.0 Å². The molecule has 0 amide bonds. The summed E-state index contributed by atoms with van der Waals surface area (Å²) in [6.45, 7) is 18.2. The van der Waals surface area contributed by atoms with Crippen molar-refractivity contribution in [3.05, 3.63) is 23.8 Å². The number of hydrogen-bond acceptors (Lipinski definition) is 6. The predicted octanol–water partition coefficient (Wildman–Crippen LogP) is 6.12. The van der Waals surface area contributed by atoms with Gasteiger partial charge in [0.15, 0.2) is 11.4 Å². The number of rotatable bonds is 5. The first-order chi connectivity index (χ1) is 17.7. The van der Waals surface area contributed by atoms with Gasteiger partial charge in [-0.3, -0.25) is 14.4 Å². The molecule has 1 heterocycles. The lowest BCUT2D eigenvalue weighted by atomic mass is 9.35. The molecule has 5 nitrogen and oxygen atoms in total. The summed E-state index contributed by atoms with van der Waals surface area (Å²) in [6, 6.07) is -0.614. The molecule has 3 saturated carbocycles. The molecule has 10 atom stereocenters. The zero-order chi connectivity index (χ0) is 28.1. The minimum Gasteiger partial charge on any atom is -0.392 e. The van der Waals surface area contributed by atoms with Crippen molar-refractivity contribution in [2.45, 2.75) is 98.8 Å². The van der Waals surface area contributed by atoms with Crippen LogP contribution in [0.5, 0.6) is 0 Å². The van der Waals surface area contributed by atoms with Gasteiger partial charge in [-0.25, -0.2) is 4.39 Å². The molecule has 5 rings (SSSR count). The fourth-order valence-electron chi connectivity index (χ4n) is 10.3. The third kappa shape index (κ3) is 3.22. The largest absolute Gasteiger partial charge is 0.392 e. The van der Waals surface area contributed by atoms with Crippen LogP contribution < -0.4 is 0 Å². The molecule has 0 spiro atoms. The van der Waals surface area contributed by atoms with Gasteiger partial charge >= 0.3 is 0 Å². The Morgan fingerprint density at radius 3 is 2.55 bits per heavy atom. The van der Waals surface area contributed by atoms with E-state index in [1.807, 2.05) is 11.1 Å². The van der Waals surface area contributed by atoms with Crippen LogP contribution >= 0.6 is 11.8 Å². The van der Waals surface area contributed by atoms with Gasteiger partial charge in [0.2, 0.25) is 5.12 Å². The Kier molecular flexibility index (Phi) is 6.74. The quantitative estimate of drug-likeness (QED) is 0.447. The van der Waals surface area contributed by atoms with Crippen molar-refractivity contribution in [1.82, 2.24) is 5.06 Å². The molecule has 0 aromatic carbocycles. The van der Waals surface area contributed by atoms with E-state index >= 15 is 0 Å². The minimum atomic E-state index is -1.18. The van der Waals surface area contributed by atoms with Crippen molar-refractivity contribution in [2.75, 3.05) is 12.6 Å². The first-order valence-corrected chi connectivity index (χ1v) is 15.5. The number of carbonyl (C=O) groups excluding carboxylic acids is 2. The van der Waals surface area contributed by atoms with Gasteiger partial charge in [-0.2, -0.15) is 5.06 Å². The molecule has 0 aromatic heterocycles. The van der Waals surface area contributed by atoms with Gasteiger partial charge in [-0.15, -0.1) is 0 Å². The molecule has 5 aliphatic rings. The van der Waals surface area contributed by atoms with Gasteiger partial charge in [-0.1, -0.05) is 78.8 Å². The molecule has 0 aromatic rings. The van der Waals surface area contributed by atoms with Crippen LogP contribution in [0.2, 0.25) is 0 Å². The number of alkyl halides is 1. The molecular formula is C31H46FNO4S. The second-order valence-electron chi connectivity index (χ2n) is 14.1. The van der Waals surface area contributed by atoms with Crippen LogP contribution in [0.3, 0.4) is 0 Å². The summed E-state index contributed by atoms with van der Waals surface area (Å²) in [7, 11) is 0. The number of fused-ring (bicyclic) bond motifs is 7. The number of nitrogens with zero attached hydrogens (tertiary/aromatic N) is 1. The molecule has 1 aliphatic heterocycles. The Morgan fingerprint density at radius 2 is 1.95 bits per heavy atom. The van der Waals surface area contributed by atoms with Crippen LogP contribution in [0.25, 0.3) is 0 Å². The third-order valence-corrected chi connectivity index (χ3v) is 13.2. The Morgan fingerprint density at radius 1 is 1.26 bits per heavy atom. The summed E-state index contributed by atoms with van der Waals surface area (Å²) in [5.74, 6) is 0.557. The van der Waals surface area contributed by atoms with Gasteiger partial charge in [0, 0.05) is 34.7 Å². The van der Waals surface area contributed by atoms with Crippen LogP contribution in [0, 0.1) is 45.3 Å². The van der Waals surface area contributed by atoms with Crippen molar-refractivity contribution < 1.29 is 23.9 Å². The number of thioether (sulfide) groups is 1. The number of carbonyl (C=O) groups is 2. The van der Waals surface area contributed by atoms with Gasteiger partial charge in [0.05, 0.1) is 6.10 Å². The number of hydrogen-bond donors (Lipinski definition) is 1. The van der Waals surface area contributed by atoms with Gasteiger partial charge in [0.1, 0.15) is 6.01 Å². The van der Waals surface area contributed by atoms with Gasteiger partial charge in [-0.05, 0) is 61.0 Å². The van der Waals surface area contributed by atoms with Crippen molar-refractivity contribution in [3.8, 4) is 0 Å². The standard InChI is InChI=1S/C31H46FNO4S/c1-9-23(18(2)3)33-16-20-14-28(6)24-12-19(4)22-13-21(34)10-11-27(22,5)30(24,8)25(35)15-29(28,7)31(20,37-33)26(36)38-17-32/h10-11,13,18-20,23-25,35H,9,12,14-17H2,1-8H3/t19-,20-,23?,24-,25-,27-,28-,29-,30+,31-/m0/s1. The molecule has 0 bridgehead atoms. The monoisotopic (exact) mass is 547 g/mol. The van der Waals surface area contributed by atoms with Crippen molar-refractivity contribution >= 4 is 22.7 Å². The summed E-state index contributed by atoms with van der Waals surface area (Å²) in [5, 5.41) is 14.0. The number of ketones is 1. The number of aliphatic hydroxyl groups is 1. The molecule has 1 saturated heterocycles. The fourth-order valence-corrected chi connectivity index (χ4v) is 11.0. The van der Waals surface area contributed by atoms with E-state index in [2.05, 4.69) is 55.4 Å². The Labute approximate surface area is 232 Å². The molecule has 4 fully saturated rings. The molecule has 1 unspecified atom stereocenters. The second-order valence-corrected chi connectivity index (χ2v) is 14.9. The molecular weight excluding hydrogens is 501 g/mol.